The van der Waals surface area contributed by atoms with Crippen LogP contribution in [0.5, 0.6) is 0 Å². The predicted molar refractivity (Wildman–Crippen MR) is 123 cm³/mol. The highest BCUT2D eigenvalue weighted by molar-refractivity contribution is 7.89. The first-order valence-electron chi connectivity index (χ1n) is 9.98. The third-order valence-corrected chi connectivity index (χ3v) is 5.99. The van der Waals surface area contributed by atoms with Crippen molar-refractivity contribution in [1.29, 1.82) is 5.26 Å². The molecule has 9 heteroatoms. The van der Waals surface area contributed by atoms with Gasteiger partial charge in [-0.15, -0.1) is 0 Å². The third-order valence-electron chi connectivity index (χ3n) is 5.14. The molecule has 4 rings (SSSR count). The number of sulfone groups is 1. The smallest absolute Gasteiger partial charge is 0.223 e. The van der Waals surface area contributed by atoms with Crippen LogP contribution in [0.3, 0.4) is 0 Å². The van der Waals surface area contributed by atoms with Crippen LogP contribution in [-0.2, 0) is 15.6 Å². The van der Waals surface area contributed by atoms with Gasteiger partial charge >= 0.3 is 0 Å². The van der Waals surface area contributed by atoms with Crippen molar-refractivity contribution in [3.63, 3.8) is 0 Å². The molecule has 4 aromatic rings. The van der Waals surface area contributed by atoms with Crippen molar-refractivity contribution in [2.24, 2.45) is 0 Å². The highest BCUT2D eigenvalue weighted by Crippen LogP contribution is 2.25. The number of benzene rings is 1. The normalized spacial score (nSPS) is 12.4. The molecule has 3 aromatic heterocycles. The molecule has 162 valence electrons. The first-order valence-corrected chi connectivity index (χ1v) is 12.0. The Kier molecular flexibility index (Phi) is 5.63. The van der Waals surface area contributed by atoms with E-state index in [1.165, 1.54) is 12.5 Å². The molecule has 32 heavy (non-hydrogen) atoms. The minimum atomic E-state index is -3.08. The van der Waals surface area contributed by atoms with Gasteiger partial charge in [-0.1, -0.05) is 30.3 Å². The maximum absolute atomic E-state index is 11.5. The summed E-state index contributed by atoms with van der Waals surface area (Å²) in [5.41, 5.74) is 5.10. The number of fused-ring (bicyclic) bond motifs is 1. The molecule has 1 N–H and O–H groups in total. The van der Waals surface area contributed by atoms with Gasteiger partial charge in [0.05, 0.1) is 35.4 Å². The van der Waals surface area contributed by atoms with E-state index in [1.54, 1.807) is 18.3 Å². The molecule has 0 radical (unpaired) electrons. The summed E-state index contributed by atoms with van der Waals surface area (Å²) in [4.78, 5) is 13.4. The summed E-state index contributed by atoms with van der Waals surface area (Å²) in [7, 11) is -3.08. The SMILES string of the molecule is Cc1cccn2c(-c3nc(N[C@@H](C)c4ccc(CS(C)(=O)=O)cc4)ncc3C#N)cnc12. The monoisotopic (exact) mass is 446 g/mol. The molecule has 0 bridgehead atoms. The Morgan fingerprint density at radius 2 is 1.91 bits per heavy atom. The highest BCUT2D eigenvalue weighted by Gasteiger charge is 2.16. The number of nitriles is 1. The van der Waals surface area contributed by atoms with E-state index in [-0.39, 0.29) is 11.8 Å². The van der Waals surface area contributed by atoms with Crippen LogP contribution in [0.1, 0.15) is 35.2 Å². The Hall–Kier alpha value is -3.77. The maximum atomic E-state index is 11.5. The van der Waals surface area contributed by atoms with Crippen LogP contribution in [0, 0.1) is 18.3 Å². The van der Waals surface area contributed by atoms with Crippen LogP contribution >= 0.6 is 0 Å². The number of rotatable bonds is 6. The number of anilines is 1. The number of hydrogen-bond acceptors (Lipinski definition) is 7. The largest absolute Gasteiger partial charge is 0.348 e. The summed E-state index contributed by atoms with van der Waals surface area (Å²) >= 11 is 0. The van der Waals surface area contributed by atoms with Crippen LogP contribution < -0.4 is 5.32 Å². The fourth-order valence-corrected chi connectivity index (χ4v) is 4.34. The Labute approximate surface area is 186 Å². The number of hydrogen-bond donors (Lipinski definition) is 1. The van der Waals surface area contributed by atoms with E-state index in [4.69, 9.17) is 0 Å². The third kappa shape index (κ3) is 4.45. The molecule has 1 aromatic carbocycles. The quantitative estimate of drug-likeness (QED) is 0.480. The van der Waals surface area contributed by atoms with E-state index in [2.05, 4.69) is 26.3 Å². The molecule has 0 saturated heterocycles. The number of pyridine rings is 1. The predicted octanol–water partition coefficient (Wildman–Crippen LogP) is 3.69. The van der Waals surface area contributed by atoms with Crippen molar-refractivity contribution in [3.8, 4) is 17.5 Å². The van der Waals surface area contributed by atoms with E-state index in [9.17, 15) is 13.7 Å². The number of imidazole rings is 1. The summed E-state index contributed by atoms with van der Waals surface area (Å²) in [6.07, 6.45) is 6.32. The van der Waals surface area contributed by atoms with Gasteiger partial charge in [-0.05, 0) is 36.6 Å². The Morgan fingerprint density at radius 1 is 1.16 bits per heavy atom. The van der Waals surface area contributed by atoms with Crippen LogP contribution in [-0.4, -0.2) is 34.0 Å². The lowest BCUT2D eigenvalue weighted by Crippen LogP contribution is -2.11. The minimum absolute atomic E-state index is 0.00988. The summed E-state index contributed by atoms with van der Waals surface area (Å²) < 4.78 is 24.9. The number of aryl methyl sites for hydroxylation is 1. The Balaban J connectivity index is 1.63. The second-order valence-electron chi connectivity index (χ2n) is 7.77. The molecule has 8 nitrogen and oxygen atoms in total. The van der Waals surface area contributed by atoms with E-state index in [1.807, 2.05) is 48.7 Å². The lowest BCUT2D eigenvalue weighted by atomic mass is 10.1. The van der Waals surface area contributed by atoms with Gasteiger partial charge in [0, 0.05) is 12.5 Å². The summed E-state index contributed by atoms with van der Waals surface area (Å²) in [6.45, 7) is 3.94. The van der Waals surface area contributed by atoms with Crippen molar-refractivity contribution in [2.45, 2.75) is 25.6 Å². The average molecular weight is 447 g/mol. The zero-order valence-electron chi connectivity index (χ0n) is 17.9. The van der Waals surface area contributed by atoms with Crippen molar-refractivity contribution in [2.75, 3.05) is 11.6 Å². The summed E-state index contributed by atoms with van der Waals surface area (Å²) in [5, 5.41) is 12.8. The fraction of sp³-hybridized carbons (Fsp3) is 0.217. The van der Waals surface area contributed by atoms with E-state index in [0.717, 1.165) is 22.3 Å². The molecule has 0 amide bonds. The van der Waals surface area contributed by atoms with Gasteiger partial charge in [-0.3, -0.25) is 4.40 Å². The van der Waals surface area contributed by atoms with Crippen LogP contribution in [0.2, 0.25) is 0 Å². The first kappa shape index (κ1) is 21.5. The van der Waals surface area contributed by atoms with Crippen molar-refractivity contribution >= 4 is 21.4 Å². The van der Waals surface area contributed by atoms with Gasteiger partial charge in [-0.25, -0.2) is 23.4 Å². The number of aromatic nitrogens is 4. The molecule has 0 fully saturated rings. The maximum Gasteiger partial charge on any atom is 0.223 e. The number of nitrogens with zero attached hydrogens (tertiary/aromatic N) is 5. The minimum Gasteiger partial charge on any atom is -0.348 e. The van der Waals surface area contributed by atoms with Crippen LogP contribution in [0.4, 0.5) is 5.95 Å². The standard InChI is InChI=1S/C23H22N6O2S/c1-15-5-4-10-29-20(13-25-22(15)29)21-19(11-24)12-26-23(28-21)27-16(2)18-8-6-17(7-9-18)14-32(3,30)31/h4-10,12-13,16H,14H2,1-3H3,(H,26,27,28)/t16-/m0/s1. The van der Waals surface area contributed by atoms with Gasteiger partial charge in [-0.2, -0.15) is 5.26 Å². The van der Waals surface area contributed by atoms with Gasteiger partial charge in [0.25, 0.3) is 0 Å². The first-order chi connectivity index (χ1) is 15.2. The van der Waals surface area contributed by atoms with Gasteiger partial charge in [0.1, 0.15) is 17.4 Å². The second kappa shape index (κ2) is 8.40. The second-order valence-corrected chi connectivity index (χ2v) is 9.91. The van der Waals surface area contributed by atoms with Crippen molar-refractivity contribution < 1.29 is 8.42 Å². The molecule has 1 atom stereocenters. The summed E-state index contributed by atoms with van der Waals surface area (Å²) in [5.74, 6) is 0.394. The van der Waals surface area contributed by atoms with Gasteiger partial charge < -0.3 is 5.32 Å². The molecule has 0 unspecified atom stereocenters. The topological polar surface area (TPSA) is 113 Å². The lowest BCUT2D eigenvalue weighted by molar-refractivity contribution is 0.601. The molecule has 0 aliphatic heterocycles. The molecule has 0 saturated carbocycles. The van der Waals surface area contributed by atoms with Crippen LogP contribution in [0.25, 0.3) is 17.0 Å². The molecule has 3 heterocycles. The Bertz CT molecular complexity index is 1440. The Morgan fingerprint density at radius 3 is 2.59 bits per heavy atom. The summed E-state index contributed by atoms with van der Waals surface area (Å²) in [6, 6.07) is 13.3. The highest BCUT2D eigenvalue weighted by atomic mass is 32.2. The van der Waals surface area contributed by atoms with E-state index in [0.29, 0.717) is 22.9 Å². The van der Waals surface area contributed by atoms with Crippen molar-refractivity contribution in [1.82, 2.24) is 19.4 Å². The molecule has 0 aliphatic rings. The van der Waals surface area contributed by atoms with E-state index < -0.39 is 9.84 Å². The van der Waals surface area contributed by atoms with Crippen LogP contribution in [0.15, 0.2) is 55.0 Å². The molecule has 0 spiro atoms. The van der Waals surface area contributed by atoms with Gasteiger partial charge in [0.15, 0.2) is 9.84 Å². The van der Waals surface area contributed by atoms with E-state index >= 15 is 0 Å². The van der Waals surface area contributed by atoms with Gasteiger partial charge in [0.2, 0.25) is 5.95 Å². The fourth-order valence-electron chi connectivity index (χ4n) is 3.54. The molecular formula is C23H22N6O2S. The molecule has 0 aliphatic carbocycles. The average Bonchev–Trinajstić information content (AvgIpc) is 3.18. The number of nitrogens with one attached hydrogen (secondary N) is 1. The van der Waals surface area contributed by atoms with Crippen molar-refractivity contribution in [3.05, 3.63) is 77.2 Å². The zero-order chi connectivity index (χ0) is 22.9. The molecular weight excluding hydrogens is 424 g/mol. The zero-order valence-corrected chi connectivity index (χ0v) is 18.8. The lowest BCUT2D eigenvalue weighted by Gasteiger charge is -2.15.